The van der Waals surface area contributed by atoms with E-state index >= 15 is 0 Å². The van der Waals surface area contributed by atoms with Gasteiger partial charge in [0, 0.05) is 30.1 Å². The number of carbonyl (C=O) groups excluding carboxylic acids is 1. The molecule has 0 aromatic carbocycles. The minimum absolute atomic E-state index is 0.277. The van der Waals surface area contributed by atoms with Gasteiger partial charge in [0.15, 0.2) is 15.6 Å². The lowest BCUT2D eigenvalue weighted by molar-refractivity contribution is 0.102. The van der Waals surface area contributed by atoms with Gasteiger partial charge in [0.2, 0.25) is 0 Å². The summed E-state index contributed by atoms with van der Waals surface area (Å²) in [6, 6.07) is 3.43. The van der Waals surface area contributed by atoms with Gasteiger partial charge in [0.05, 0.1) is 25.1 Å². The number of nitrogens with zero attached hydrogens (tertiary/aromatic N) is 5. The molecule has 0 unspecified atom stereocenters. The summed E-state index contributed by atoms with van der Waals surface area (Å²) in [5.41, 5.74) is 3.19. The number of hydrogen-bond acceptors (Lipinski definition) is 9. The fraction of sp³-hybridized carbons (Fsp3) is 0.182. The van der Waals surface area contributed by atoms with E-state index < -0.39 is 5.91 Å². The monoisotopic (exact) mass is 480 g/mol. The van der Waals surface area contributed by atoms with E-state index in [1.54, 1.807) is 19.2 Å². The van der Waals surface area contributed by atoms with Crippen LogP contribution in [0.4, 0.5) is 5.13 Å². The van der Waals surface area contributed by atoms with Crippen LogP contribution in [0.3, 0.4) is 0 Å². The molecule has 4 aromatic heterocycles. The van der Waals surface area contributed by atoms with Crippen LogP contribution in [0, 0.1) is 18.8 Å². The van der Waals surface area contributed by atoms with Crippen molar-refractivity contribution in [2.75, 3.05) is 26.1 Å². The molecule has 1 amide bonds. The number of hydrogen-bond donors (Lipinski definition) is 1. The molecule has 0 aliphatic carbocycles. The molecule has 0 saturated carbocycles. The first-order chi connectivity index (χ1) is 16.0. The van der Waals surface area contributed by atoms with Crippen LogP contribution in [0.2, 0.25) is 5.15 Å². The topological polar surface area (TPSA) is 112 Å². The molecule has 0 atom stereocenters. The number of rotatable bonds is 5. The molecule has 0 bridgehead atoms. The number of fused-ring (bicyclic) bond motifs is 1. The van der Waals surface area contributed by atoms with Gasteiger partial charge in [0.25, 0.3) is 5.91 Å². The largest absolute Gasteiger partial charge is 0.494 e. The van der Waals surface area contributed by atoms with Crippen molar-refractivity contribution in [3.63, 3.8) is 0 Å². The molecule has 1 N–H and O–H groups in total. The van der Waals surface area contributed by atoms with Gasteiger partial charge in [-0.25, -0.2) is 15.0 Å². The molecule has 0 aliphatic rings. The predicted molar refractivity (Wildman–Crippen MR) is 126 cm³/mol. The molecule has 4 heterocycles. The van der Waals surface area contributed by atoms with Crippen LogP contribution < -0.4 is 10.1 Å². The van der Waals surface area contributed by atoms with Gasteiger partial charge < -0.3 is 9.47 Å². The van der Waals surface area contributed by atoms with Crippen molar-refractivity contribution in [1.82, 2.24) is 24.9 Å². The Morgan fingerprint density at radius 2 is 1.97 bits per heavy atom. The second-order valence-corrected chi connectivity index (χ2v) is 8.04. The highest BCUT2D eigenvalue weighted by atomic mass is 35.5. The van der Waals surface area contributed by atoms with E-state index in [1.165, 1.54) is 37.0 Å². The van der Waals surface area contributed by atoms with Crippen molar-refractivity contribution in [2.45, 2.75) is 6.92 Å². The first-order valence-corrected chi connectivity index (χ1v) is 10.8. The maximum Gasteiger partial charge on any atom is 0.259 e. The number of nitrogens with one attached hydrogen (secondary N) is 1. The lowest BCUT2D eigenvalue weighted by atomic mass is 10.0. The molecule has 0 fully saturated rings. The Kier molecular flexibility index (Phi) is 6.74. The van der Waals surface area contributed by atoms with Crippen LogP contribution >= 0.6 is 22.9 Å². The van der Waals surface area contributed by atoms with Crippen LogP contribution in [0.25, 0.3) is 21.6 Å². The van der Waals surface area contributed by atoms with E-state index in [4.69, 9.17) is 21.1 Å². The summed E-state index contributed by atoms with van der Waals surface area (Å²) in [4.78, 5) is 35.1. The third-order valence-corrected chi connectivity index (χ3v) is 5.47. The van der Waals surface area contributed by atoms with E-state index in [0.717, 1.165) is 5.69 Å². The van der Waals surface area contributed by atoms with Crippen molar-refractivity contribution >= 4 is 44.5 Å². The molecule has 4 rings (SSSR count). The summed E-state index contributed by atoms with van der Waals surface area (Å²) < 4.78 is 10.3. The Labute approximate surface area is 198 Å². The summed E-state index contributed by atoms with van der Waals surface area (Å²) >= 11 is 7.30. The van der Waals surface area contributed by atoms with Crippen molar-refractivity contribution in [2.24, 2.45) is 0 Å². The standard InChI is InChI=1S/C22H17ClN6O3S/c1-12-7-14(15-8-18(23)25-11-17(15)32-3)16(10-24-12)20(30)29-22-28-19-21(33-22)27-13(9-26-19)5-4-6-31-2/h7-11H,6H2,1-3H3,(H,26,28,29,30). The zero-order valence-electron chi connectivity index (χ0n) is 17.8. The van der Waals surface area contributed by atoms with Gasteiger partial charge >= 0.3 is 0 Å². The van der Waals surface area contributed by atoms with Gasteiger partial charge in [-0.1, -0.05) is 28.9 Å². The van der Waals surface area contributed by atoms with Crippen LogP contribution in [0.1, 0.15) is 21.7 Å². The van der Waals surface area contributed by atoms with E-state index in [-0.39, 0.29) is 5.15 Å². The quantitative estimate of drug-likeness (QED) is 0.339. The summed E-state index contributed by atoms with van der Waals surface area (Å²) in [6.07, 6.45) is 4.53. The average molecular weight is 481 g/mol. The molecule has 0 spiro atoms. The molecule has 0 aliphatic heterocycles. The maximum absolute atomic E-state index is 13.2. The van der Waals surface area contributed by atoms with Gasteiger partial charge in [-0.05, 0) is 25.0 Å². The second-order valence-electron chi connectivity index (χ2n) is 6.67. The van der Waals surface area contributed by atoms with Crippen LogP contribution in [0.5, 0.6) is 5.75 Å². The normalized spacial score (nSPS) is 10.5. The average Bonchev–Trinajstić information content (AvgIpc) is 3.20. The Bertz CT molecular complexity index is 1410. The van der Waals surface area contributed by atoms with E-state index in [0.29, 0.717) is 50.3 Å². The first kappa shape index (κ1) is 22.5. The minimum Gasteiger partial charge on any atom is -0.494 e. The fourth-order valence-corrected chi connectivity index (χ4v) is 3.90. The SMILES string of the molecule is COCC#Cc1cnc2nc(NC(=O)c3cnc(C)cc3-c3cc(Cl)ncc3OC)sc2n1. The third kappa shape index (κ3) is 5.06. The molecular formula is C22H17ClN6O3S. The van der Waals surface area contributed by atoms with Crippen LogP contribution in [-0.4, -0.2) is 51.7 Å². The number of halogens is 1. The number of methoxy groups -OCH3 is 2. The van der Waals surface area contributed by atoms with E-state index in [1.807, 2.05) is 6.92 Å². The van der Waals surface area contributed by atoms with Crippen molar-refractivity contribution in [3.8, 4) is 28.7 Å². The van der Waals surface area contributed by atoms with E-state index in [9.17, 15) is 4.79 Å². The van der Waals surface area contributed by atoms with E-state index in [2.05, 4.69) is 42.1 Å². The number of ether oxygens (including phenoxy) is 2. The predicted octanol–water partition coefficient (Wildman–Crippen LogP) is 3.76. The Hall–Kier alpha value is -3.65. The number of anilines is 1. The lowest BCUT2D eigenvalue weighted by Gasteiger charge is -2.13. The highest BCUT2D eigenvalue weighted by Crippen LogP contribution is 2.34. The number of aromatic nitrogens is 5. The summed E-state index contributed by atoms with van der Waals surface area (Å²) in [5.74, 6) is 5.78. The molecule has 11 heteroatoms. The van der Waals surface area contributed by atoms with Crippen molar-refractivity contribution in [3.05, 3.63) is 52.8 Å². The number of pyridine rings is 2. The van der Waals surface area contributed by atoms with Crippen molar-refractivity contribution < 1.29 is 14.3 Å². The summed E-state index contributed by atoms with van der Waals surface area (Å²) in [5, 5.41) is 3.43. The maximum atomic E-state index is 13.2. The Balaban J connectivity index is 1.67. The summed E-state index contributed by atoms with van der Waals surface area (Å²) in [7, 11) is 3.09. The number of aryl methyl sites for hydroxylation is 1. The molecular weight excluding hydrogens is 464 g/mol. The number of carbonyl (C=O) groups is 1. The molecule has 33 heavy (non-hydrogen) atoms. The molecule has 9 nitrogen and oxygen atoms in total. The summed E-state index contributed by atoms with van der Waals surface area (Å²) in [6.45, 7) is 2.13. The van der Waals surface area contributed by atoms with Gasteiger partial charge in [-0.3, -0.25) is 15.1 Å². The van der Waals surface area contributed by atoms with Gasteiger partial charge in [0.1, 0.15) is 23.2 Å². The smallest absolute Gasteiger partial charge is 0.259 e. The minimum atomic E-state index is -0.397. The number of amides is 1. The van der Waals surface area contributed by atoms with Gasteiger partial charge in [-0.2, -0.15) is 4.98 Å². The number of thiazole rings is 1. The molecule has 0 saturated heterocycles. The molecule has 4 aromatic rings. The zero-order chi connectivity index (χ0) is 23.4. The van der Waals surface area contributed by atoms with Crippen LogP contribution in [0.15, 0.2) is 30.7 Å². The van der Waals surface area contributed by atoms with Crippen LogP contribution in [-0.2, 0) is 4.74 Å². The Morgan fingerprint density at radius 3 is 2.76 bits per heavy atom. The first-order valence-electron chi connectivity index (χ1n) is 9.57. The third-order valence-electron chi connectivity index (χ3n) is 4.41. The molecule has 166 valence electrons. The lowest BCUT2D eigenvalue weighted by Crippen LogP contribution is -2.14. The second kappa shape index (κ2) is 9.87. The highest BCUT2D eigenvalue weighted by Gasteiger charge is 2.19. The highest BCUT2D eigenvalue weighted by molar-refractivity contribution is 7.21. The Morgan fingerprint density at radius 1 is 1.12 bits per heavy atom. The molecule has 0 radical (unpaired) electrons. The zero-order valence-corrected chi connectivity index (χ0v) is 19.4. The van der Waals surface area contributed by atoms with Crippen molar-refractivity contribution in [1.29, 1.82) is 0 Å². The van der Waals surface area contributed by atoms with Gasteiger partial charge in [-0.15, -0.1) is 0 Å². The fourth-order valence-electron chi connectivity index (χ4n) is 2.95.